The van der Waals surface area contributed by atoms with Crippen LogP contribution < -0.4 is 17.0 Å². The van der Waals surface area contributed by atoms with Crippen molar-refractivity contribution in [2.75, 3.05) is 5.73 Å². The Labute approximate surface area is 176 Å². The van der Waals surface area contributed by atoms with E-state index in [2.05, 4.69) is 0 Å². The number of pyridine rings is 1. The zero-order chi connectivity index (χ0) is 22.2. The number of benzene rings is 3. The van der Waals surface area contributed by atoms with Crippen LogP contribution in [0.1, 0.15) is 16.7 Å². The lowest BCUT2D eigenvalue weighted by Gasteiger charge is -2.16. The molecule has 3 aromatic carbocycles. The molecule has 0 unspecified atom stereocenters. The van der Waals surface area contributed by atoms with Gasteiger partial charge in [-0.2, -0.15) is 13.2 Å². The molecule has 1 heterocycles. The second-order valence-corrected chi connectivity index (χ2v) is 7.35. The van der Waals surface area contributed by atoms with Crippen LogP contribution in [0.3, 0.4) is 0 Å². The summed E-state index contributed by atoms with van der Waals surface area (Å²) in [5.41, 5.74) is 14.0. The Balaban J connectivity index is 1.72. The number of nitrogens with zero attached hydrogens (tertiary/aromatic N) is 1. The molecule has 0 radical (unpaired) electrons. The molecule has 31 heavy (non-hydrogen) atoms. The van der Waals surface area contributed by atoms with E-state index in [1.54, 1.807) is 0 Å². The van der Waals surface area contributed by atoms with Gasteiger partial charge in [0.25, 0.3) is 5.56 Å². The lowest BCUT2D eigenvalue weighted by Crippen LogP contribution is -2.23. The summed E-state index contributed by atoms with van der Waals surface area (Å²) in [4.78, 5) is 12.6. The third-order valence-electron chi connectivity index (χ3n) is 5.26. The van der Waals surface area contributed by atoms with Gasteiger partial charge in [-0.3, -0.25) is 4.79 Å². The summed E-state index contributed by atoms with van der Waals surface area (Å²) in [6.07, 6.45) is -4.63. The molecule has 0 saturated heterocycles. The molecule has 4 N–H and O–H groups in total. The number of nitrogen functional groups attached to an aromatic ring is 1. The first-order chi connectivity index (χ1) is 14.8. The lowest BCUT2D eigenvalue weighted by molar-refractivity contribution is -0.136. The van der Waals surface area contributed by atoms with Crippen molar-refractivity contribution in [2.45, 2.75) is 19.3 Å². The Bertz CT molecular complexity index is 1290. The van der Waals surface area contributed by atoms with Gasteiger partial charge in [-0.05, 0) is 34.4 Å². The molecule has 0 amide bonds. The highest BCUT2D eigenvalue weighted by Crippen LogP contribution is 2.34. The third-order valence-corrected chi connectivity index (χ3v) is 5.26. The Morgan fingerprint density at radius 1 is 0.806 bits per heavy atom. The average molecular weight is 423 g/mol. The van der Waals surface area contributed by atoms with E-state index < -0.39 is 17.3 Å². The zero-order valence-corrected chi connectivity index (χ0v) is 16.5. The first-order valence-corrected chi connectivity index (χ1v) is 9.65. The topological polar surface area (TPSA) is 74.0 Å². The van der Waals surface area contributed by atoms with E-state index in [1.165, 1.54) is 22.8 Å². The number of halogens is 3. The molecular formula is C24H20F3N3O. The Hall–Kier alpha value is -3.58. The van der Waals surface area contributed by atoms with E-state index in [9.17, 15) is 18.0 Å². The number of alkyl halides is 3. The molecule has 0 aliphatic carbocycles. The van der Waals surface area contributed by atoms with E-state index in [0.29, 0.717) is 12.6 Å². The molecule has 0 spiro atoms. The fourth-order valence-corrected chi connectivity index (χ4v) is 3.61. The van der Waals surface area contributed by atoms with Crippen LogP contribution in [0.15, 0.2) is 77.6 Å². The molecule has 4 nitrogen and oxygen atoms in total. The highest BCUT2D eigenvalue weighted by Gasteiger charge is 2.33. The lowest BCUT2D eigenvalue weighted by atomic mass is 10.0. The number of aromatic nitrogens is 1. The van der Waals surface area contributed by atoms with E-state index in [1.807, 2.05) is 48.5 Å². The largest absolute Gasteiger partial charge is 0.417 e. The first-order valence-electron chi connectivity index (χ1n) is 9.65. The second kappa shape index (κ2) is 7.92. The number of hydrogen-bond donors (Lipinski definition) is 2. The van der Waals surface area contributed by atoms with Crippen LogP contribution in [-0.4, -0.2) is 4.57 Å². The Morgan fingerprint density at radius 3 is 1.94 bits per heavy atom. The predicted molar refractivity (Wildman–Crippen MR) is 116 cm³/mol. The van der Waals surface area contributed by atoms with Crippen molar-refractivity contribution in [3.8, 4) is 11.1 Å². The van der Waals surface area contributed by atoms with Crippen molar-refractivity contribution < 1.29 is 13.2 Å². The van der Waals surface area contributed by atoms with Crippen LogP contribution in [0.2, 0.25) is 0 Å². The monoisotopic (exact) mass is 423 g/mol. The van der Waals surface area contributed by atoms with Gasteiger partial charge in [-0.25, -0.2) is 0 Å². The summed E-state index contributed by atoms with van der Waals surface area (Å²) in [5, 5.41) is -0.0575. The standard InChI is InChI=1S/C24H20F3N3O/c25-24(26,27)21-12-23(31)30(22-11-19(29)9-10-20(21)22)14-16-3-7-18(8-4-16)17-5-1-15(13-28)2-6-17/h1-12H,13-14,28-29H2. The van der Waals surface area contributed by atoms with Gasteiger partial charge in [0.1, 0.15) is 0 Å². The molecule has 7 heteroatoms. The van der Waals surface area contributed by atoms with Gasteiger partial charge in [-0.1, -0.05) is 54.6 Å². The molecule has 1 aromatic heterocycles. The highest BCUT2D eigenvalue weighted by molar-refractivity contribution is 5.86. The zero-order valence-electron chi connectivity index (χ0n) is 16.5. The maximum Gasteiger partial charge on any atom is 0.417 e. The molecule has 0 atom stereocenters. The Kier molecular flexibility index (Phi) is 5.29. The van der Waals surface area contributed by atoms with E-state index in [4.69, 9.17) is 11.5 Å². The normalized spacial score (nSPS) is 11.7. The molecule has 0 aliphatic heterocycles. The summed E-state index contributed by atoms with van der Waals surface area (Å²) in [6, 6.07) is 20.2. The van der Waals surface area contributed by atoms with Gasteiger partial charge in [0.2, 0.25) is 0 Å². The average Bonchev–Trinajstić information content (AvgIpc) is 2.75. The minimum Gasteiger partial charge on any atom is -0.399 e. The smallest absolute Gasteiger partial charge is 0.399 e. The number of hydrogen-bond acceptors (Lipinski definition) is 3. The fourth-order valence-electron chi connectivity index (χ4n) is 3.61. The quantitative estimate of drug-likeness (QED) is 0.464. The first kappa shape index (κ1) is 20.7. The number of nitrogens with two attached hydrogens (primary N) is 2. The molecule has 0 fully saturated rings. The van der Waals surface area contributed by atoms with Crippen LogP contribution in [0.25, 0.3) is 22.0 Å². The van der Waals surface area contributed by atoms with Crippen LogP contribution in [0, 0.1) is 0 Å². The van der Waals surface area contributed by atoms with Crippen LogP contribution in [0.5, 0.6) is 0 Å². The molecule has 158 valence electrons. The molecule has 4 aromatic rings. The maximum atomic E-state index is 13.4. The summed E-state index contributed by atoms with van der Waals surface area (Å²) < 4.78 is 41.6. The predicted octanol–water partition coefficient (Wildman–Crippen LogP) is 4.78. The Morgan fingerprint density at radius 2 is 1.39 bits per heavy atom. The van der Waals surface area contributed by atoms with Crippen molar-refractivity contribution in [2.24, 2.45) is 5.73 Å². The highest BCUT2D eigenvalue weighted by atomic mass is 19.4. The third kappa shape index (κ3) is 4.18. The van der Waals surface area contributed by atoms with Gasteiger partial charge in [0, 0.05) is 23.7 Å². The van der Waals surface area contributed by atoms with Crippen molar-refractivity contribution in [1.29, 1.82) is 0 Å². The van der Waals surface area contributed by atoms with Gasteiger partial charge >= 0.3 is 6.18 Å². The van der Waals surface area contributed by atoms with E-state index in [0.717, 1.165) is 22.3 Å². The van der Waals surface area contributed by atoms with Gasteiger partial charge in [-0.15, -0.1) is 0 Å². The summed E-state index contributed by atoms with van der Waals surface area (Å²) in [5.74, 6) is 0. The number of fused-ring (bicyclic) bond motifs is 1. The number of anilines is 1. The minimum atomic E-state index is -4.63. The molecule has 0 saturated carbocycles. The van der Waals surface area contributed by atoms with Gasteiger partial charge < -0.3 is 16.0 Å². The second-order valence-electron chi connectivity index (χ2n) is 7.35. The van der Waals surface area contributed by atoms with E-state index >= 15 is 0 Å². The van der Waals surface area contributed by atoms with Crippen LogP contribution in [0.4, 0.5) is 18.9 Å². The molecule has 0 bridgehead atoms. The van der Waals surface area contributed by atoms with Crippen molar-refractivity contribution in [3.63, 3.8) is 0 Å². The van der Waals surface area contributed by atoms with Crippen molar-refractivity contribution >= 4 is 16.6 Å². The molecule has 4 rings (SSSR count). The minimum absolute atomic E-state index is 0.0575. The number of rotatable bonds is 4. The van der Waals surface area contributed by atoms with Gasteiger partial charge in [0.15, 0.2) is 0 Å². The fraction of sp³-hybridized carbons (Fsp3) is 0.125. The van der Waals surface area contributed by atoms with Crippen LogP contribution >= 0.6 is 0 Å². The summed E-state index contributed by atoms with van der Waals surface area (Å²) in [7, 11) is 0. The van der Waals surface area contributed by atoms with Crippen molar-refractivity contribution in [3.05, 3.63) is 99.8 Å². The summed E-state index contributed by atoms with van der Waals surface area (Å²) >= 11 is 0. The van der Waals surface area contributed by atoms with Gasteiger partial charge in [0.05, 0.1) is 17.6 Å². The maximum absolute atomic E-state index is 13.4. The molecular weight excluding hydrogens is 403 g/mol. The van der Waals surface area contributed by atoms with Crippen molar-refractivity contribution in [1.82, 2.24) is 4.57 Å². The molecule has 0 aliphatic rings. The van der Waals surface area contributed by atoms with Crippen LogP contribution in [-0.2, 0) is 19.3 Å². The summed E-state index contributed by atoms with van der Waals surface area (Å²) in [6.45, 7) is 0.600. The SMILES string of the molecule is NCc1ccc(-c2ccc(Cn3c(=O)cc(C(F)(F)F)c4ccc(N)cc43)cc2)cc1. The van der Waals surface area contributed by atoms with E-state index in [-0.39, 0.29) is 23.1 Å².